The molecule has 4 N–H and O–H groups in total. The third kappa shape index (κ3) is 3.87. The van der Waals surface area contributed by atoms with E-state index in [0.29, 0.717) is 23.0 Å². The molecule has 1 aromatic carbocycles. The first kappa shape index (κ1) is 16.8. The van der Waals surface area contributed by atoms with E-state index in [1.807, 2.05) is 0 Å². The fraction of sp³-hybridized carbons (Fsp3) is 0.556. The van der Waals surface area contributed by atoms with Crippen molar-refractivity contribution >= 4 is 23.2 Å². The van der Waals surface area contributed by atoms with Crippen LogP contribution in [-0.4, -0.2) is 24.0 Å². The number of fused-ring (bicyclic) bond motifs is 1. The molecule has 1 fully saturated rings. The van der Waals surface area contributed by atoms with Crippen LogP contribution < -0.4 is 21.1 Å². The maximum absolute atomic E-state index is 12.3. The molecular formula is C18H25N3O3. The highest BCUT2D eigenvalue weighted by Crippen LogP contribution is 2.32. The molecular weight excluding hydrogens is 306 g/mol. The zero-order chi connectivity index (χ0) is 17.1. The number of nitrogens with one attached hydrogen (secondary N) is 2. The summed E-state index contributed by atoms with van der Waals surface area (Å²) in [6.07, 6.45) is 6.32. The summed E-state index contributed by atoms with van der Waals surface area (Å²) in [5.41, 5.74) is 7.24. The van der Waals surface area contributed by atoms with Gasteiger partial charge in [-0.1, -0.05) is 32.1 Å². The molecule has 3 rings (SSSR count). The first-order chi connectivity index (χ1) is 11.5. The van der Waals surface area contributed by atoms with Crippen LogP contribution in [0.25, 0.3) is 0 Å². The van der Waals surface area contributed by atoms with Crippen molar-refractivity contribution in [3.8, 4) is 5.75 Å². The summed E-state index contributed by atoms with van der Waals surface area (Å²) in [7, 11) is 0. The highest BCUT2D eigenvalue weighted by Gasteiger charge is 2.25. The van der Waals surface area contributed by atoms with Crippen LogP contribution in [-0.2, 0) is 9.59 Å². The lowest BCUT2D eigenvalue weighted by molar-refractivity contribution is -0.122. The number of rotatable bonds is 4. The molecule has 2 amide bonds. The van der Waals surface area contributed by atoms with Gasteiger partial charge >= 0.3 is 0 Å². The number of hydrogen-bond donors (Lipinski definition) is 3. The van der Waals surface area contributed by atoms with E-state index in [1.165, 1.54) is 32.1 Å². The number of benzene rings is 1. The van der Waals surface area contributed by atoms with Crippen molar-refractivity contribution in [1.82, 2.24) is 0 Å². The van der Waals surface area contributed by atoms with Crippen LogP contribution in [0.15, 0.2) is 18.2 Å². The standard InChI is InChI=1S/C18H25N3O3/c1-11-17(22)21-15-10-13(7-8-16(15)24-11)20-18(23)14(19)9-12-5-3-2-4-6-12/h7-8,10-12,14H,2-6,9,19H2,1H3,(H,20,23)(H,21,22). The lowest BCUT2D eigenvalue weighted by atomic mass is 9.85. The third-order valence-corrected chi connectivity index (χ3v) is 4.83. The number of hydrogen-bond acceptors (Lipinski definition) is 4. The van der Waals surface area contributed by atoms with Crippen molar-refractivity contribution < 1.29 is 14.3 Å². The predicted molar refractivity (Wildman–Crippen MR) is 93.0 cm³/mol. The number of ether oxygens (including phenoxy) is 1. The Morgan fingerprint density at radius 1 is 1.38 bits per heavy atom. The Labute approximate surface area is 142 Å². The summed E-state index contributed by atoms with van der Waals surface area (Å²) >= 11 is 0. The van der Waals surface area contributed by atoms with Crippen molar-refractivity contribution in [2.24, 2.45) is 11.7 Å². The van der Waals surface area contributed by atoms with Crippen LogP contribution in [0.5, 0.6) is 5.75 Å². The smallest absolute Gasteiger partial charge is 0.265 e. The highest BCUT2D eigenvalue weighted by molar-refractivity contribution is 5.99. The van der Waals surface area contributed by atoms with Gasteiger partial charge in [-0.2, -0.15) is 0 Å². The van der Waals surface area contributed by atoms with Gasteiger partial charge in [-0.25, -0.2) is 0 Å². The second-order valence-electron chi connectivity index (χ2n) is 6.80. The van der Waals surface area contributed by atoms with Gasteiger partial charge in [-0.05, 0) is 37.5 Å². The summed E-state index contributed by atoms with van der Waals surface area (Å²) in [4.78, 5) is 24.0. The van der Waals surface area contributed by atoms with Gasteiger partial charge in [0.1, 0.15) is 5.75 Å². The molecule has 1 aliphatic heterocycles. The molecule has 2 aliphatic rings. The van der Waals surface area contributed by atoms with E-state index in [-0.39, 0.29) is 11.8 Å². The summed E-state index contributed by atoms with van der Waals surface area (Å²) in [6.45, 7) is 1.69. The van der Waals surface area contributed by atoms with E-state index < -0.39 is 12.1 Å². The zero-order valence-electron chi connectivity index (χ0n) is 14.0. The van der Waals surface area contributed by atoms with Crippen molar-refractivity contribution in [2.75, 3.05) is 10.6 Å². The minimum Gasteiger partial charge on any atom is -0.479 e. The molecule has 2 atom stereocenters. The maximum Gasteiger partial charge on any atom is 0.265 e. The Hall–Kier alpha value is -2.08. The fourth-order valence-electron chi connectivity index (χ4n) is 3.41. The van der Waals surface area contributed by atoms with Gasteiger partial charge < -0.3 is 21.1 Å². The van der Waals surface area contributed by atoms with Crippen LogP contribution in [0.1, 0.15) is 45.4 Å². The summed E-state index contributed by atoms with van der Waals surface area (Å²) in [5, 5.41) is 5.61. The molecule has 0 bridgehead atoms. The SMILES string of the molecule is CC1Oc2ccc(NC(=O)C(N)CC3CCCCC3)cc2NC1=O. The Morgan fingerprint density at radius 3 is 2.88 bits per heavy atom. The number of anilines is 2. The van der Waals surface area contributed by atoms with E-state index in [0.717, 1.165) is 6.42 Å². The Kier molecular flexibility index (Phi) is 5.04. The van der Waals surface area contributed by atoms with E-state index in [2.05, 4.69) is 10.6 Å². The van der Waals surface area contributed by atoms with Gasteiger partial charge in [0, 0.05) is 5.69 Å². The van der Waals surface area contributed by atoms with Crippen LogP contribution in [0.4, 0.5) is 11.4 Å². The topological polar surface area (TPSA) is 93.4 Å². The fourth-order valence-corrected chi connectivity index (χ4v) is 3.41. The second kappa shape index (κ2) is 7.21. The van der Waals surface area contributed by atoms with Crippen LogP contribution in [0, 0.1) is 5.92 Å². The van der Waals surface area contributed by atoms with Gasteiger partial charge in [0.25, 0.3) is 5.91 Å². The summed E-state index contributed by atoms with van der Waals surface area (Å²) in [6, 6.07) is 4.70. The zero-order valence-corrected chi connectivity index (χ0v) is 14.0. The monoisotopic (exact) mass is 331 g/mol. The molecule has 0 saturated heterocycles. The molecule has 6 heteroatoms. The largest absolute Gasteiger partial charge is 0.479 e. The van der Waals surface area contributed by atoms with Gasteiger partial charge in [-0.3, -0.25) is 9.59 Å². The molecule has 0 spiro atoms. The Bertz CT molecular complexity index is 626. The third-order valence-electron chi connectivity index (χ3n) is 4.83. The first-order valence-corrected chi connectivity index (χ1v) is 8.71. The molecule has 6 nitrogen and oxygen atoms in total. The lowest BCUT2D eigenvalue weighted by Gasteiger charge is -2.25. The number of carbonyl (C=O) groups excluding carboxylic acids is 2. The van der Waals surface area contributed by atoms with Crippen molar-refractivity contribution in [3.63, 3.8) is 0 Å². The molecule has 1 heterocycles. The Balaban J connectivity index is 1.60. The van der Waals surface area contributed by atoms with Crippen molar-refractivity contribution in [2.45, 2.75) is 57.6 Å². The van der Waals surface area contributed by atoms with Crippen molar-refractivity contribution in [3.05, 3.63) is 18.2 Å². The molecule has 1 aliphatic carbocycles. The molecule has 1 aromatic rings. The molecule has 130 valence electrons. The van der Waals surface area contributed by atoms with Gasteiger partial charge in [0.15, 0.2) is 6.10 Å². The van der Waals surface area contributed by atoms with Crippen LogP contribution in [0.3, 0.4) is 0 Å². The van der Waals surface area contributed by atoms with E-state index in [1.54, 1.807) is 25.1 Å². The average molecular weight is 331 g/mol. The molecule has 2 unspecified atom stereocenters. The van der Waals surface area contributed by atoms with Crippen molar-refractivity contribution in [1.29, 1.82) is 0 Å². The quantitative estimate of drug-likeness (QED) is 0.790. The summed E-state index contributed by atoms with van der Waals surface area (Å²) in [5.74, 6) is 0.778. The van der Waals surface area contributed by atoms with Crippen LogP contribution in [0.2, 0.25) is 0 Å². The van der Waals surface area contributed by atoms with E-state index in [9.17, 15) is 9.59 Å². The molecule has 0 radical (unpaired) electrons. The molecule has 1 saturated carbocycles. The number of nitrogens with two attached hydrogens (primary N) is 1. The molecule has 24 heavy (non-hydrogen) atoms. The van der Waals surface area contributed by atoms with Gasteiger partial charge in [0.2, 0.25) is 5.91 Å². The first-order valence-electron chi connectivity index (χ1n) is 8.71. The van der Waals surface area contributed by atoms with Crippen LogP contribution >= 0.6 is 0 Å². The minimum absolute atomic E-state index is 0.183. The lowest BCUT2D eigenvalue weighted by Crippen LogP contribution is -2.38. The Morgan fingerprint density at radius 2 is 2.12 bits per heavy atom. The number of amides is 2. The second-order valence-corrected chi connectivity index (χ2v) is 6.80. The number of carbonyl (C=O) groups is 2. The van der Waals surface area contributed by atoms with E-state index in [4.69, 9.17) is 10.5 Å². The average Bonchev–Trinajstić information content (AvgIpc) is 2.57. The predicted octanol–water partition coefficient (Wildman–Crippen LogP) is 2.64. The maximum atomic E-state index is 12.3. The van der Waals surface area contributed by atoms with Gasteiger partial charge in [-0.15, -0.1) is 0 Å². The van der Waals surface area contributed by atoms with E-state index >= 15 is 0 Å². The highest BCUT2D eigenvalue weighted by atomic mass is 16.5. The van der Waals surface area contributed by atoms with Gasteiger partial charge in [0.05, 0.1) is 11.7 Å². The summed E-state index contributed by atoms with van der Waals surface area (Å²) < 4.78 is 5.50. The normalized spacial score (nSPS) is 22.1. The minimum atomic E-state index is -0.512. The molecule has 0 aromatic heterocycles.